The predicted octanol–water partition coefficient (Wildman–Crippen LogP) is 3.12. The lowest BCUT2D eigenvalue weighted by molar-refractivity contribution is 0.224. The van der Waals surface area contributed by atoms with Crippen LogP contribution in [-0.4, -0.2) is 12.3 Å². The van der Waals surface area contributed by atoms with Crippen molar-refractivity contribution < 1.29 is 0 Å². The molecule has 0 aliphatic carbocycles. The van der Waals surface area contributed by atoms with E-state index in [2.05, 4.69) is 20.8 Å². The molecule has 1 fully saturated rings. The highest BCUT2D eigenvalue weighted by Gasteiger charge is 2.25. The molecule has 0 saturated carbocycles. The molecule has 60 valence electrons. The van der Waals surface area contributed by atoms with Crippen LogP contribution in [0.4, 0.5) is 0 Å². The number of hydrogen-bond donors (Lipinski definition) is 0. The maximum Gasteiger partial charge on any atom is -0.0351 e. The first-order valence-electron chi connectivity index (χ1n) is 4.31. The van der Waals surface area contributed by atoms with Crippen LogP contribution in [0.1, 0.15) is 33.6 Å². The van der Waals surface area contributed by atoms with Crippen molar-refractivity contribution in [2.45, 2.75) is 33.6 Å². The molecular formula is C9H19P. The minimum absolute atomic E-state index is 0.574. The van der Waals surface area contributed by atoms with Gasteiger partial charge in [-0.15, -0.1) is 8.58 Å². The molecule has 0 spiro atoms. The van der Waals surface area contributed by atoms with E-state index in [1.807, 2.05) is 0 Å². The maximum atomic E-state index is 2.38. The van der Waals surface area contributed by atoms with Crippen molar-refractivity contribution in [3.63, 3.8) is 0 Å². The fourth-order valence-corrected chi connectivity index (χ4v) is 3.04. The van der Waals surface area contributed by atoms with E-state index in [1.54, 1.807) is 0 Å². The van der Waals surface area contributed by atoms with Gasteiger partial charge in [0.15, 0.2) is 0 Å². The Bertz CT molecular complexity index is 95.8. The largest absolute Gasteiger partial charge is 0.122 e. The zero-order chi connectivity index (χ0) is 7.61. The summed E-state index contributed by atoms with van der Waals surface area (Å²) in [6.45, 7) is 7.14. The molecule has 10 heavy (non-hydrogen) atoms. The van der Waals surface area contributed by atoms with E-state index >= 15 is 0 Å². The summed E-state index contributed by atoms with van der Waals surface area (Å²) in [4.78, 5) is 0. The molecule has 0 unspecified atom stereocenters. The van der Waals surface area contributed by atoms with Gasteiger partial charge in [0.2, 0.25) is 0 Å². The Balaban J connectivity index is 2.39. The summed E-state index contributed by atoms with van der Waals surface area (Å²) in [6.07, 6.45) is 5.98. The molecule has 0 aromatic rings. The molecule has 1 rings (SSSR count). The highest BCUT2D eigenvalue weighted by Crippen LogP contribution is 2.38. The topological polar surface area (TPSA) is 0 Å². The maximum absolute atomic E-state index is 2.38. The molecule has 0 N–H and O–H groups in total. The lowest BCUT2D eigenvalue weighted by atomic mass is 9.77. The highest BCUT2D eigenvalue weighted by atomic mass is 31.1. The lowest BCUT2D eigenvalue weighted by Crippen LogP contribution is -2.23. The molecule has 0 bridgehead atoms. The van der Waals surface area contributed by atoms with Gasteiger partial charge < -0.3 is 0 Å². The zero-order valence-corrected chi connectivity index (χ0v) is 8.41. The van der Waals surface area contributed by atoms with Gasteiger partial charge in [-0.1, -0.05) is 20.8 Å². The monoisotopic (exact) mass is 158 g/mol. The predicted molar refractivity (Wildman–Crippen MR) is 50.2 cm³/mol. The van der Waals surface area contributed by atoms with E-state index < -0.39 is 0 Å². The summed E-state index contributed by atoms with van der Waals surface area (Å²) in [5.41, 5.74) is 0.574. The van der Waals surface area contributed by atoms with Crippen LogP contribution in [0.3, 0.4) is 0 Å². The van der Waals surface area contributed by atoms with Crippen molar-refractivity contribution in [2.24, 2.45) is 11.3 Å². The van der Waals surface area contributed by atoms with Crippen molar-refractivity contribution in [3.05, 3.63) is 0 Å². The summed E-state index contributed by atoms with van der Waals surface area (Å²) in [5.74, 6) is 1.01. The molecule has 1 saturated heterocycles. The minimum Gasteiger partial charge on any atom is -0.122 e. The van der Waals surface area contributed by atoms with Gasteiger partial charge >= 0.3 is 0 Å². The van der Waals surface area contributed by atoms with Gasteiger partial charge in [0.1, 0.15) is 0 Å². The smallest absolute Gasteiger partial charge is 0.0351 e. The van der Waals surface area contributed by atoms with Gasteiger partial charge in [-0.25, -0.2) is 0 Å². The van der Waals surface area contributed by atoms with Crippen LogP contribution in [-0.2, 0) is 0 Å². The highest BCUT2D eigenvalue weighted by molar-refractivity contribution is 7.38. The van der Waals surface area contributed by atoms with E-state index in [9.17, 15) is 0 Å². The normalized spacial score (nSPS) is 30.9. The molecule has 1 heteroatoms. The van der Waals surface area contributed by atoms with E-state index in [-0.39, 0.29) is 0 Å². The van der Waals surface area contributed by atoms with E-state index in [0.717, 1.165) is 5.92 Å². The van der Waals surface area contributed by atoms with Crippen LogP contribution in [0.2, 0.25) is 0 Å². The summed E-state index contributed by atoms with van der Waals surface area (Å²) in [6, 6.07) is 0. The number of rotatable bonds is 0. The van der Waals surface area contributed by atoms with Crippen molar-refractivity contribution >= 4 is 8.58 Å². The van der Waals surface area contributed by atoms with Gasteiger partial charge in [-0.2, -0.15) is 0 Å². The van der Waals surface area contributed by atoms with Crippen molar-refractivity contribution in [2.75, 3.05) is 12.3 Å². The van der Waals surface area contributed by atoms with Crippen molar-refractivity contribution in [1.82, 2.24) is 0 Å². The second-order valence-corrected chi connectivity index (χ2v) is 5.89. The molecular weight excluding hydrogens is 139 g/mol. The van der Waals surface area contributed by atoms with Gasteiger partial charge in [0, 0.05) is 0 Å². The average molecular weight is 158 g/mol. The average Bonchev–Trinajstić information content (AvgIpc) is 1.88. The molecule has 0 aromatic heterocycles. The molecule has 1 heterocycles. The fourth-order valence-electron chi connectivity index (χ4n) is 1.69. The standard InChI is InChI=1S/C9H19P/c1-9(2,3)8-4-6-10-7-5-8/h8,10H,4-7H2,1-3H3. The minimum atomic E-state index is 0.574. The molecule has 0 radical (unpaired) electrons. The van der Waals surface area contributed by atoms with Gasteiger partial charge in [-0.3, -0.25) is 0 Å². The third kappa shape index (κ3) is 2.23. The molecule has 1 aliphatic rings. The van der Waals surface area contributed by atoms with Crippen LogP contribution < -0.4 is 0 Å². The second kappa shape index (κ2) is 3.22. The summed E-state index contributed by atoms with van der Waals surface area (Å²) in [5, 5.41) is 0. The Labute approximate surface area is 66.6 Å². The molecule has 0 aromatic carbocycles. The Morgan fingerprint density at radius 2 is 1.60 bits per heavy atom. The second-order valence-electron chi connectivity index (χ2n) is 4.39. The molecule has 0 nitrogen and oxygen atoms in total. The van der Waals surface area contributed by atoms with E-state index in [4.69, 9.17) is 0 Å². The summed E-state index contributed by atoms with van der Waals surface area (Å²) >= 11 is 0. The van der Waals surface area contributed by atoms with Gasteiger partial charge in [0.05, 0.1) is 0 Å². The van der Waals surface area contributed by atoms with Gasteiger partial charge in [-0.05, 0) is 36.5 Å². The third-order valence-corrected chi connectivity index (χ3v) is 3.85. The third-order valence-electron chi connectivity index (χ3n) is 2.56. The molecule has 0 amide bonds. The van der Waals surface area contributed by atoms with E-state index in [1.165, 1.54) is 33.7 Å². The van der Waals surface area contributed by atoms with Crippen LogP contribution in [0.5, 0.6) is 0 Å². The SMILES string of the molecule is CC(C)(C)C1CCPCC1. The summed E-state index contributed by atoms with van der Waals surface area (Å²) < 4.78 is 0. The van der Waals surface area contributed by atoms with Crippen LogP contribution in [0.15, 0.2) is 0 Å². The quantitative estimate of drug-likeness (QED) is 0.475. The van der Waals surface area contributed by atoms with Crippen LogP contribution in [0.25, 0.3) is 0 Å². The van der Waals surface area contributed by atoms with Crippen LogP contribution in [0, 0.1) is 11.3 Å². The van der Waals surface area contributed by atoms with Crippen LogP contribution >= 0.6 is 8.58 Å². The first-order valence-corrected chi connectivity index (χ1v) is 5.73. The fraction of sp³-hybridized carbons (Fsp3) is 1.00. The zero-order valence-electron chi connectivity index (χ0n) is 7.41. The molecule has 1 aliphatic heterocycles. The van der Waals surface area contributed by atoms with E-state index in [0.29, 0.717) is 5.41 Å². The van der Waals surface area contributed by atoms with Crippen molar-refractivity contribution in [3.8, 4) is 0 Å². The molecule has 0 atom stereocenters. The Morgan fingerprint density at radius 3 is 1.90 bits per heavy atom. The Morgan fingerprint density at radius 1 is 1.10 bits per heavy atom. The van der Waals surface area contributed by atoms with Gasteiger partial charge in [0.25, 0.3) is 0 Å². The summed E-state index contributed by atoms with van der Waals surface area (Å²) in [7, 11) is 1.27. The lowest BCUT2D eigenvalue weighted by Gasteiger charge is -2.33. The Hall–Kier alpha value is 0.430. The van der Waals surface area contributed by atoms with Crippen molar-refractivity contribution in [1.29, 1.82) is 0 Å². The first kappa shape index (κ1) is 8.53. The number of hydrogen-bond acceptors (Lipinski definition) is 0. The first-order chi connectivity index (χ1) is 4.61. The Kier molecular flexibility index (Phi) is 2.74.